The van der Waals surface area contributed by atoms with Crippen molar-refractivity contribution in [2.45, 2.75) is 25.8 Å². The molecule has 5 rings (SSSR count). The van der Waals surface area contributed by atoms with Gasteiger partial charge in [-0.05, 0) is 68.6 Å². The molecule has 1 saturated heterocycles. The van der Waals surface area contributed by atoms with Crippen molar-refractivity contribution < 1.29 is 9.47 Å². The number of methoxy groups -OCH3 is 2. The van der Waals surface area contributed by atoms with Crippen LogP contribution in [0.2, 0.25) is 0 Å². The summed E-state index contributed by atoms with van der Waals surface area (Å²) >= 11 is 0. The smallest absolute Gasteiger partial charge is 0.143 e. The van der Waals surface area contributed by atoms with E-state index in [4.69, 9.17) is 9.47 Å². The van der Waals surface area contributed by atoms with Gasteiger partial charge < -0.3 is 19.4 Å². The standard InChI is InChI=1S/C28H31N3O2/c1-19(21-8-6-12-29-15-21)31-18-26(25-10-5-11-27(33-3)28(25)31)23-13-22(16-30-17-23)20-7-4-9-24(14-20)32-2/h4-5,7,9-11,13-14,16-19,21,29H,6,8,12,15H2,1-3H3. The van der Waals surface area contributed by atoms with Crippen LogP contribution in [0.25, 0.3) is 33.2 Å². The molecule has 2 unspecified atom stereocenters. The Bertz CT molecular complexity index is 1260. The second kappa shape index (κ2) is 9.28. The van der Waals surface area contributed by atoms with Crippen molar-refractivity contribution in [2.75, 3.05) is 27.3 Å². The van der Waals surface area contributed by atoms with Crippen LogP contribution in [0.4, 0.5) is 0 Å². The monoisotopic (exact) mass is 441 g/mol. The van der Waals surface area contributed by atoms with Crippen LogP contribution in [0.5, 0.6) is 11.5 Å². The van der Waals surface area contributed by atoms with Crippen LogP contribution in [-0.4, -0.2) is 36.9 Å². The van der Waals surface area contributed by atoms with E-state index in [1.165, 1.54) is 23.8 Å². The Morgan fingerprint density at radius 2 is 1.85 bits per heavy atom. The minimum absolute atomic E-state index is 0.361. The maximum absolute atomic E-state index is 5.81. The molecule has 0 bridgehead atoms. The normalized spacial score (nSPS) is 17.1. The molecule has 33 heavy (non-hydrogen) atoms. The molecular formula is C28H31N3O2. The zero-order valence-electron chi connectivity index (χ0n) is 19.5. The fourth-order valence-corrected chi connectivity index (χ4v) is 5.06. The summed E-state index contributed by atoms with van der Waals surface area (Å²) in [5.74, 6) is 2.34. The maximum atomic E-state index is 5.81. The zero-order chi connectivity index (χ0) is 22.8. The maximum Gasteiger partial charge on any atom is 0.143 e. The van der Waals surface area contributed by atoms with Crippen LogP contribution in [0.3, 0.4) is 0 Å². The topological polar surface area (TPSA) is 48.3 Å². The van der Waals surface area contributed by atoms with Crippen LogP contribution in [0.1, 0.15) is 25.8 Å². The molecule has 2 aromatic carbocycles. The molecule has 4 aromatic rings. The largest absolute Gasteiger partial charge is 0.497 e. The summed E-state index contributed by atoms with van der Waals surface area (Å²) in [4.78, 5) is 4.59. The van der Waals surface area contributed by atoms with Gasteiger partial charge in [-0.3, -0.25) is 4.98 Å². The number of piperidine rings is 1. The van der Waals surface area contributed by atoms with Gasteiger partial charge >= 0.3 is 0 Å². The van der Waals surface area contributed by atoms with Gasteiger partial charge in [0.1, 0.15) is 11.5 Å². The van der Waals surface area contributed by atoms with Gasteiger partial charge in [-0.1, -0.05) is 24.3 Å². The molecule has 0 saturated carbocycles. The van der Waals surface area contributed by atoms with Gasteiger partial charge in [-0.15, -0.1) is 0 Å². The minimum Gasteiger partial charge on any atom is -0.497 e. The van der Waals surface area contributed by atoms with E-state index in [1.54, 1.807) is 14.2 Å². The van der Waals surface area contributed by atoms with Gasteiger partial charge in [0.2, 0.25) is 0 Å². The van der Waals surface area contributed by atoms with Gasteiger partial charge in [0.25, 0.3) is 0 Å². The average Bonchev–Trinajstić information content (AvgIpc) is 3.29. The molecule has 1 N–H and O–H groups in total. The summed E-state index contributed by atoms with van der Waals surface area (Å²) in [6, 6.07) is 17.0. The summed E-state index contributed by atoms with van der Waals surface area (Å²) in [5.41, 5.74) is 5.59. The van der Waals surface area contributed by atoms with Crippen LogP contribution >= 0.6 is 0 Å². The zero-order valence-corrected chi connectivity index (χ0v) is 19.5. The van der Waals surface area contributed by atoms with Crippen molar-refractivity contribution in [1.82, 2.24) is 14.9 Å². The number of ether oxygens (including phenoxy) is 2. The Morgan fingerprint density at radius 3 is 2.64 bits per heavy atom. The third kappa shape index (κ3) is 4.09. The highest BCUT2D eigenvalue weighted by Crippen LogP contribution is 2.40. The Hall–Kier alpha value is -3.31. The lowest BCUT2D eigenvalue weighted by molar-refractivity contribution is 0.283. The highest BCUT2D eigenvalue weighted by Gasteiger charge is 2.25. The minimum atomic E-state index is 0.361. The van der Waals surface area contributed by atoms with Crippen molar-refractivity contribution in [2.24, 2.45) is 5.92 Å². The first kappa shape index (κ1) is 21.5. The summed E-state index contributed by atoms with van der Waals surface area (Å²) in [5, 5.41) is 4.76. The van der Waals surface area contributed by atoms with E-state index in [-0.39, 0.29) is 0 Å². The predicted octanol–water partition coefficient (Wildman–Crippen LogP) is 5.95. The Balaban J connectivity index is 1.63. The van der Waals surface area contributed by atoms with Gasteiger partial charge in [-0.2, -0.15) is 0 Å². The highest BCUT2D eigenvalue weighted by atomic mass is 16.5. The van der Waals surface area contributed by atoms with E-state index in [9.17, 15) is 0 Å². The second-order valence-electron chi connectivity index (χ2n) is 8.85. The fraction of sp³-hybridized carbons (Fsp3) is 0.321. The van der Waals surface area contributed by atoms with Crippen LogP contribution in [-0.2, 0) is 0 Å². The number of para-hydroxylation sites is 1. The first-order valence-electron chi connectivity index (χ1n) is 11.7. The first-order valence-corrected chi connectivity index (χ1v) is 11.7. The molecule has 0 radical (unpaired) electrons. The molecule has 0 amide bonds. The number of nitrogens with one attached hydrogen (secondary N) is 1. The summed E-state index contributed by atoms with van der Waals surface area (Å²) in [7, 11) is 3.45. The molecule has 170 valence electrons. The lowest BCUT2D eigenvalue weighted by Gasteiger charge is -2.30. The number of benzene rings is 2. The van der Waals surface area contributed by atoms with E-state index >= 15 is 0 Å². The van der Waals surface area contributed by atoms with E-state index in [2.05, 4.69) is 58.3 Å². The quantitative estimate of drug-likeness (QED) is 0.402. The Morgan fingerprint density at radius 1 is 1.00 bits per heavy atom. The Kier molecular flexibility index (Phi) is 6.05. The number of hydrogen-bond acceptors (Lipinski definition) is 4. The molecule has 5 nitrogen and oxygen atoms in total. The van der Waals surface area contributed by atoms with Crippen molar-refractivity contribution in [3.05, 3.63) is 67.1 Å². The number of nitrogens with zero attached hydrogens (tertiary/aromatic N) is 2. The van der Waals surface area contributed by atoms with Crippen molar-refractivity contribution in [3.8, 4) is 33.8 Å². The van der Waals surface area contributed by atoms with Crippen LogP contribution in [0, 0.1) is 5.92 Å². The van der Waals surface area contributed by atoms with E-state index in [0.717, 1.165) is 46.8 Å². The first-order chi connectivity index (χ1) is 16.2. The molecule has 1 aliphatic heterocycles. The van der Waals surface area contributed by atoms with Gasteiger partial charge in [0.15, 0.2) is 0 Å². The molecule has 3 heterocycles. The summed E-state index contributed by atoms with van der Waals surface area (Å²) in [6.45, 7) is 4.50. The molecule has 5 heteroatoms. The molecule has 2 aromatic heterocycles. The fourth-order valence-electron chi connectivity index (χ4n) is 5.06. The number of pyridine rings is 1. The second-order valence-corrected chi connectivity index (χ2v) is 8.85. The van der Waals surface area contributed by atoms with E-state index in [0.29, 0.717) is 12.0 Å². The number of fused-ring (bicyclic) bond motifs is 1. The lowest BCUT2D eigenvalue weighted by atomic mass is 9.92. The Labute approximate surface area is 195 Å². The lowest BCUT2D eigenvalue weighted by Crippen LogP contribution is -2.34. The molecule has 0 aliphatic carbocycles. The summed E-state index contributed by atoms with van der Waals surface area (Å²) in [6.07, 6.45) is 8.62. The number of rotatable bonds is 6. The van der Waals surface area contributed by atoms with Crippen LogP contribution < -0.4 is 14.8 Å². The third-order valence-electron chi connectivity index (χ3n) is 6.94. The van der Waals surface area contributed by atoms with Gasteiger partial charge in [0.05, 0.1) is 19.7 Å². The van der Waals surface area contributed by atoms with E-state index in [1.807, 2.05) is 30.6 Å². The third-order valence-corrected chi connectivity index (χ3v) is 6.94. The van der Waals surface area contributed by atoms with Gasteiger partial charge in [-0.25, -0.2) is 0 Å². The van der Waals surface area contributed by atoms with Crippen molar-refractivity contribution in [3.63, 3.8) is 0 Å². The number of hydrogen-bond donors (Lipinski definition) is 1. The predicted molar refractivity (Wildman–Crippen MR) is 134 cm³/mol. The molecule has 1 aliphatic rings. The molecule has 1 fully saturated rings. The van der Waals surface area contributed by atoms with Crippen LogP contribution in [0.15, 0.2) is 67.1 Å². The molecular weight excluding hydrogens is 410 g/mol. The van der Waals surface area contributed by atoms with Crippen molar-refractivity contribution in [1.29, 1.82) is 0 Å². The SMILES string of the molecule is COc1cccc(-c2cncc(-c3cn(C(C)C4CCCNC4)c4c(OC)cccc34)c2)c1. The summed E-state index contributed by atoms with van der Waals surface area (Å²) < 4.78 is 13.6. The average molecular weight is 442 g/mol. The highest BCUT2D eigenvalue weighted by molar-refractivity contribution is 5.99. The molecule has 2 atom stereocenters. The number of aromatic nitrogens is 2. The molecule has 0 spiro atoms. The van der Waals surface area contributed by atoms with Crippen molar-refractivity contribution >= 4 is 10.9 Å². The van der Waals surface area contributed by atoms with E-state index < -0.39 is 0 Å². The van der Waals surface area contributed by atoms with Gasteiger partial charge in [0, 0.05) is 46.7 Å².